The molecule has 0 atom stereocenters. The second kappa shape index (κ2) is 6.61. The van der Waals surface area contributed by atoms with E-state index in [1.807, 2.05) is 61.9 Å². The number of carbonyl (C=O) groups is 1. The molecule has 1 aromatic heterocycles. The van der Waals surface area contributed by atoms with Crippen LogP contribution in [0.1, 0.15) is 25.6 Å². The van der Waals surface area contributed by atoms with Gasteiger partial charge in [-0.2, -0.15) is 5.10 Å². The van der Waals surface area contributed by atoms with Crippen LogP contribution in [0.15, 0.2) is 41.3 Å². The van der Waals surface area contributed by atoms with E-state index in [2.05, 4.69) is 10.4 Å². The number of carbonyl (C=O) groups excluding carboxylic acids is 1. The Hall–Kier alpha value is -1.75. The Morgan fingerprint density at radius 2 is 2.05 bits per heavy atom. The quantitative estimate of drug-likeness (QED) is 0.857. The van der Waals surface area contributed by atoms with Gasteiger partial charge in [0.05, 0.1) is 11.4 Å². The summed E-state index contributed by atoms with van der Waals surface area (Å²) < 4.78 is 1.83. The average molecular weight is 289 g/mol. The lowest BCUT2D eigenvalue weighted by molar-refractivity contribution is -0.113. The first-order chi connectivity index (χ1) is 9.56. The van der Waals surface area contributed by atoms with Crippen LogP contribution in [-0.4, -0.2) is 21.4 Å². The smallest absolute Gasteiger partial charge is 0.235 e. The van der Waals surface area contributed by atoms with Crippen molar-refractivity contribution in [2.24, 2.45) is 0 Å². The van der Waals surface area contributed by atoms with Gasteiger partial charge in [0.1, 0.15) is 5.82 Å². The van der Waals surface area contributed by atoms with Crippen molar-refractivity contribution in [1.82, 2.24) is 9.78 Å². The normalized spacial score (nSPS) is 10.8. The molecule has 1 amide bonds. The fourth-order valence-corrected chi connectivity index (χ4v) is 2.57. The van der Waals surface area contributed by atoms with E-state index in [0.717, 1.165) is 16.4 Å². The largest absolute Gasteiger partial charge is 0.310 e. The van der Waals surface area contributed by atoms with E-state index in [4.69, 9.17) is 0 Å². The molecule has 0 spiro atoms. The van der Waals surface area contributed by atoms with Gasteiger partial charge in [0.15, 0.2) is 0 Å². The van der Waals surface area contributed by atoms with E-state index >= 15 is 0 Å². The zero-order chi connectivity index (χ0) is 14.5. The van der Waals surface area contributed by atoms with Gasteiger partial charge in [-0.15, -0.1) is 11.8 Å². The number of rotatable bonds is 5. The summed E-state index contributed by atoms with van der Waals surface area (Å²) in [5, 5.41) is 7.30. The molecule has 0 aliphatic heterocycles. The minimum Gasteiger partial charge on any atom is -0.310 e. The third-order valence-corrected chi connectivity index (χ3v) is 3.74. The Balaban J connectivity index is 1.95. The number of aromatic nitrogens is 2. The molecule has 1 aromatic carbocycles. The summed E-state index contributed by atoms with van der Waals surface area (Å²) in [6, 6.07) is 12.0. The van der Waals surface area contributed by atoms with Crippen LogP contribution in [0.25, 0.3) is 0 Å². The standard InChI is InChI=1S/C15H19N3OS/c1-11(2)18-14(9-12(3)17-18)16-15(19)10-20-13-7-5-4-6-8-13/h4-9,11H,10H2,1-3H3,(H,16,19). The summed E-state index contributed by atoms with van der Waals surface area (Å²) in [5.41, 5.74) is 0.907. The summed E-state index contributed by atoms with van der Waals surface area (Å²) in [5.74, 6) is 1.14. The lowest BCUT2D eigenvalue weighted by atomic mass is 10.4. The third kappa shape index (κ3) is 3.87. The van der Waals surface area contributed by atoms with Gasteiger partial charge >= 0.3 is 0 Å². The Kier molecular flexibility index (Phi) is 4.84. The number of anilines is 1. The summed E-state index contributed by atoms with van der Waals surface area (Å²) in [4.78, 5) is 13.1. The minimum absolute atomic E-state index is 0.0133. The van der Waals surface area contributed by atoms with E-state index < -0.39 is 0 Å². The van der Waals surface area contributed by atoms with Gasteiger partial charge < -0.3 is 5.32 Å². The number of nitrogens with zero attached hydrogens (tertiary/aromatic N) is 2. The predicted octanol–water partition coefficient (Wildman–Crippen LogP) is 3.50. The van der Waals surface area contributed by atoms with Crippen LogP contribution < -0.4 is 5.32 Å². The monoisotopic (exact) mass is 289 g/mol. The van der Waals surface area contributed by atoms with Crippen LogP contribution >= 0.6 is 11.8 Å². The highest BCUT2D eigenvalue weighted by molar-refractivity contribution is 8.00. The molecule has 2 aromatic rings. The van der Waals surface area contributed by atoms with Crippen molar-refractivity contribution in [3.63, 3.8) is 0 Å². The molecule has 0 bridgehead atoms. The van der Waals surface area contributed by atoms with E-state index in [0.29, 0.717) is 5.75 Å². The number of aryl methyl sites for hydroxylation is 1. The Morgan fingerprint density at radius 3 is 2.70 bits per heavy atom. The summed E-state index contributed by atoms with van der Waals surface area (Å²) >= 11 is 1.53. The highest BCUT2D eigenvalue weighted by Crippen LogP contribution is 2.19. The van der Waals surface area contributed by atoms with Crippen LogP contribution in [0.3, 0.4) is 0 Å². The lowest BCUT2D eigenvalue weighted by Gasteiger charge is -2.11. The van der Waals surface area contributed by atoms with Gasteiger partial charge in [-0.25, -0.2) is 4.68 Å². The molecule has 5 heteroatoms. The van der Waals surface area contributed by atoms with E-state index in [1.165, 1.54) is 11.8 Å². The first kappa shape index (κ1) is 14.7. The summed E-state index contributed by atoms with van der Waals surface area (Å²) in [6.07, 6.45) is 0. The van der Waals surface area contributed by atoms with Crippen molar-refractivity contribution in [3.8, 4) is 0 Å². The van der Waals surface area contributed by atoms with Crippen LogP contribution in [0, 0.1) is 6.92 Å². The molecule has 20 heavy (non-hydrogen) atoms. The van der Waals surface area contributed by atoms with Gasteiger partial charge in [0.25, 0.3) is 0 Å². The molecule has 0 radical (unpaired) electrons. The number of nitrogens with one attached hydrogen (secondary N) is 1. The maximum atomic E-state index is 12.0. The SMILES string of the molecule is Cc1cc(NC(=O)CSc2ccccc2)n(C(C)C)n1. The van der Waals surface area contributed by atoms with Gasteiger partial charge in [-0.1, -0.05) is 18.2 Å². The van der Waals surface area contributed by atoms with Crippen LogP contribution in [-0.2, 0) is 4.79 Å². The first-order valence-electron chi connectivity index (χ1n) is 6.60. The zero-order valence-corrected chi connectivity index (χ0v) is 12.8. The second-order valence-corrected chi connectivity index (χ2v) is 5.91. The zero-order valence-electron chi connectivity index (χ0n) is 12.0. The van der Waals surface area contributed by atoms with Crippen LogP contribution in [0.5, 0.6) is 0 Å². The summed E-state index contributed by atoms with van der Waals surface area (Å²) in [7, 11) is 0. The van der Waals surface area contributed by atoms with Crippen molar-refractivity contribution < 1.29 is 4.79 Å². The van der Waals surface area contributed by atoms with Gasteiger partial charge in [0.2, 0.25) is 5.91 Å². The average Bonchev–Trinajstić information content (AvgIpc) is 2.79. The number of amides is 1. The first-order valence-corrected chi connectivity index (χ1v) is 7.58. The van der Waals surface area contributed by atoms with Gasteiger partial charge in [-0.3, -0.25) is 4.79 Å². The molecule has 2 rings (SSSR count). The molecule has 0 fully saturated rings. The molecular weight excluding hydrogens is 270 g/mol. The number of hydrogen-bond donors (Lipinski definition) is 1. The Bertz CT molecular complexity index is 578. The molecule has 0 aliphatic carbocycles. The Labute approximate surface area is 123 Å². The molecule has 0 unspecified atom stereocenters. The van der Waals surface area contributed by atoms with Crippen LogP contribution in [0.2, 0.25) is 0 Å². The van der Waals surface area contributed by atoms with E-state index in [-0.39, 0.29) is 11.9 Å². The number of hydrogen-bond acceptors (Lipinski definition) is 3. The van der Waals surface area contributed by atoms with Crippen molar-refractivity contribution >= 4 is 23.5 Å². The molecule has 1 heterocycles. The molecule has 0 aliphatic rings. The maximum absolute atomic E-state index is 12.0. The van der Waals surface area contributed by atoms with Crippen molar-refractivity contribution in [1.29, 1.82) is 0 Å². The van der Waals surface area contributed by atoms with Gasteiger partial charge in [0, 0.05) is 17.0 Å². The predicted molar refractivity (Wildman–Crippen MR) is 83.1 cm³/mol. The molecule has 0 saturated heterocycles. The Morgan fingerprint density at radius 1 is 1.35 bits per heavy atom. The number of benzene rings is 1. The van der Waals surface area contributed by atoms with Crippen molar-refractivity contribution in [2.45, 2.75) is 31.7 Å². The third-order valence-electron chi connectivity index (χ3n) is 2.73. The molecule has 1 N–H and O–H groups in total. The highest BCUT2D eigenvalue weighted by atomic mass is 32.2. The van der Waals surface area contributed by atoms with Crippen molar-refractivity contribution in [3.05, 3.63) is 42.1 Å². The van der Waals surface area contributed by atoms with E-state index in [9.17, 15) is 4.79 Å². The second-order valence-electron chi connectivity index (χ2n) is 4.86. The number of thioether (sulfide) groups is 1. The molecule has 4 nitrogen and oxygen atoms in total. The lowest BCUT2D eigenvalue weighted by Crippen LogP contribution is -2.18. The molecular formula is C15H19N3OS. The minimum atomic E-state index is -0.0133. The van der Waals surface area contributed by atoms with E-state index in [1.54, 1.807) is 0 Å². The molecule has 106 valence electrons. The maximum Gasteiger partial charge on any atom is 0.235 e. The fourth-order valence-electron chi connectivity index (χ4n) is 1.85. The van der Waals surface area contributed by atoms with Gasteiger partial charge in [-0.05, 0) is 32.9 Å². The summed E-state index contributed by atoms with van der Waals surface area (Å²) in [6.45, 7) is 6.01. The fraction of sp³-hybridized carbons (Fsp3) is 0.333. The highest BCUT2D eigenvalue weighted by Gasteiger charge is 2.11. The topological polar surface area (TPSA) is 46.9 Å². The molecule has 0 saturated carbocycles. The van der Waals surface area contributed by atoms with Crippen LogP contribution in [0.4, 0.5) is 5.82 Å². The van der Waals surface area contributed by atoms with Crippen molar-refractivity contribution in [2.75, 3.05) is 11.1 Å².